The summed E-state index contributed by atoms with van der Waals surface area (Å²) < 4.78 is 4.99. The van der Waals surface area contributed by atoms with Gasteiger partial charge in [0.05, 0.1) is 6.61 Å². The van der Waals surface area contributed by atoms with E-state index in [1.807, 2.05) is 56.3 Å². The van der Waals surface area contributed by atoms with Crippen molar-refractivity contribution in [1.29, 1.82) is 0 Å². The van der Waals surface area contributed by atoms with Gasteiger partial charge in [-0.1, -0.05) is 36.4 Å². The predicted octanol–water partition coefficient (Wildman–Crippen LogP) is 3.88. The first kappa shape index (κ1) is 19.5. The SMILES string of the molecule is COCCNC(=O)c1cc(Nc2cc(C)cc(C)c2)nc(-c2ccccc2)n1. The molecule has 28 heavy (non-hydrogen) atoms. The van der Waals surface area contributed by atoms with Gasteiger partial charge in [-0.2, -0.15) is 0 Å². The first-order chi connectivity index (χ1) is 13.5. The Morgan fingerprint density at radius 3 is 2.39 bits per heavy atom. The molecule has 6 heteroatoms. The maximum atomic E-state index is 12.5. The largest absolute Gasteiger partial charge is 0.383 e. The molecule has 0 atom stereocenters. The summed E-state index contributed by atoms with van der Waals surface area (Å²) in [4.78, 5) is 21.6. The monoisotopic (exact) mass is 376 g/mol. The quantitative estimate of drug-likeness (QED) is 0.612. The Kier molecular flexibility index (Phi) is 6.34. The van der Waals surface area contributed by atoms with Crippen molar-refractivity contribution in [2.24, 2.45) is 0 Å². The minimum atomic E-state index is -0.264. The van der Waals surface area contributed by atoms with Gasteiger partial charge in [0.1, 0.15) is 11.5 Å². The van der Waals surface area contributed by atoms with Crippen LogP contribution in [0.5, 0.6) is 0 Å². The van der Waals surface area contributed by atoms with E-state index in [1.165, 1.54) is 0 Å². The van der Waals surface area contributed by atoms with E-state index in [9.17, 15) is 4.79 Å². The van der Waals surface area contributed by atoms with Crippen molar-refractivity contribution in [3.8, 4) is 11.4 Å². The van der Waals surface area contributed by atoms with Gasteiger partial charge in [-0.15, -0.1) is 0 Å². The third-order valence-electron chi connectivity index (χ3n) is 4.08. The Morgan fingerprint density at radius 1 is 1.00 bits per heavy atom. The summed E-state index contributed by atoms with van der Waals surface area (Å²) in [6, 6.07) is 17.4. The molecule has 1 aromatic heterocycles. The molecule has 1 heterocycles. The molecule has 0 unspecified atom stereocenters. The molecule has 0 radical (unpaired) electrons. The average molecular weight is 376 g/mol. The first-order valence-electron chi connectivity index (χ1n) is 9.12. The molecule has 0 saturated carbocycles. The smallest absolute Gasteiger partial charge is 0.270 e. The van der Waals surface area contributed by atoms with E-state index in [2.05, 4.69) is 26.7 Å². The molecule has 2 N–H and O–H groups in total. The number of benzene rings is 2. The van der Waals surface area contributed by atoms with Crippen LogP contribution < -0.4 is 10.6 Å². The van der Waals surface area contributed by atoms with Crippen molar-refractivity contribution in [3.05, 3.63) is 71.4 Å². The second-order valence-corrected chi connectivity index (χ2v) is 6.58. The number of nitrogens with one attached hydrogen (secondary N) is 2. The summed E-state index contributed by atoms with van der Waals surface area (Å²) in [6.45, 7) is 4.94. The number of carbonyl (C=O) groups excluding carboxylic acids is 1. The number of methoxy groups -OCH3 is 1. The van der Waals surface area contributed by atoms with Crippen LogP contribution in [0.3, 0.4) is 0 Å². The normalized spacial score (nSPS) is 10.5. The first-order valence-corrected chi connectivity index (χ1v) is 9.12. The van der Waals surface area contributed by atoms with Crippen molar-refractivity contribution >= 4 is 17.4 Å². The highest BCUT2D eigenvalue weighted by atomic mass is 16.5. The Labute approximate surface area is 165 Å². The molecule has 0 fully saturated rings. The lowest BCUT2D eigenvalue weighted by Gasteiger charge is -2.12. The molecule has 0 aliphatic rings. The molecular weight excluding hydrogens is 352 g/mol. The minimum absolute atomic E-state index is 0.264. The molecule has 3 aromatic rings. The zero-order valence-corrected chi connectivity index (χ0v) is 16.3. The van der Waals surface area contributed by atoms with Gasteiger partial charge in [0.15, 0.2) is 5.82 Å². The average Bonchev–Trinajstić information content (AvgIpc) is 2.67. The predicted molar refractivity (Wildman–Crippen MR) is 111 cm³/mol. The van der Waals surface area contributed by atoms with Gasteiger partial charge in [-0.05, 0) is 37.1 Å². The third kappa shape index (κ3) is 5.14. The number of hydrogen-bond acceptors (Lipinski definition) is 5. The van der Waals surface area contributed by atoms with Gasteiger partial charge >= 0.3 is 0 Å². The number of ether oxygens (including phenoxy) is 1. The molecule has 144 valence electrons. The highest BCUT2D eigenvalue weighted by molar-refractivity contribution is 5.93. The van der Waals surface area contributed by atoms with Crippen molar-refractivity contribution in [2.45, 2.75) is 13.8 Å². The summed E-state index contributed by atoms with van der Waals surface area (Å²) in [5, 5.41) is 6.11. The second-order valence-electron chi connectivity index (χ2n) is 6.58. The Hall–Kier alpha value is -3.25. The fraction of sp³-hybridized carbons (Fsp3) is 0.227. The van der Waals surface area contributed by atoms with Crippen LogP contribution >= 0.6 is 0 Å². The van der Waals surface area contributed by atoms with Crippen molar-refractivity contribution < 1.29 is 9.53 Å². The zero-order chi connectivity index (χ0) is 19.9. The van der Waals surface area contributed by atoms with Crippen LogP contribution in [-0.2, 0) is 4.74 Å². The van der Waals surface area contributed by atoms with E-state index in [-0.39, 0.29) is 5.91 Å². The summed E-state index contributed by atoms with van der Waals surface area (Å²) in [5.74, 6) is 0.794. The number of anilines is 2. The molecule has 0 saturated heterocycles. The lowest BCUT2D eigenvalue weighted by Crippen LogP contribution is -2.28. The van der Waals surface area contributed by atoms with Crippen LogP contribution in [0.2, 0.25) is 0 Å². The number of amides is 1. The lowest BCUT2D eigenvalue weighted by atomic mass is 10.1. The summed E-state index contributed by atoms with van der Waals surface area (Å²) in [5.41, 5.74) is 4.37. The van der Waals surface area contributed by atoms with Gasteiger partial charge in [-0.3, -0.25) is 4.79 Å². The van der Waals surface area contributed by atoms with E-state index in [0.29, 0.717) is 30.5 Å². The van der Waals surface area contributed by atoms with Crippen LogP contribution in [0.15, 0.2) is 54.6 Å². The molecule has 3 rings (SSSR count). The van der Waals surface area contributed by atoms with Crippen molar-refractivity contribution in [3.63, 3.8) is 0 Å². The highest BCUT2D eigenvalue weighted by Crippen LogP contribution is 2.22. The van der Waals surface area contributed by atoms with Gasteiger partial charge in [0, 0.05) is 31.0 Å². The van der Waals surface area contributed by atoms with Gasteiger partial charge in [0.25, 0.3) is 5.91 Å². The second kappa shape index (κ2) is 9.10. The van der Waals surface area contributed by atoms with Gasteiger partial charge < -0.3 is 15.4 Å². The van der Waals surface area contributed by atoms with Crippen LogP contribution in [0.1, 0.15) is 21.6 Å². The van der Waals surface area contributed by atoms with Crippen LogP contribution in [-0.4, -0.2) is 36.1 Å². The number of hydrogen-bond donors (Lipinski definition) is 2. The molecule has 0 aliphatic heterocycles. The topological polar surface area (TPSA) is 76.1 Å². The fourth-order valence-corrected chi connectivity index (χ4v) is 2.90. The van der Waals surface area contributed by atoms with E-state index in [4.69, 9.17) is 4.74 Å². The molecule has 0 aliphatic carbocycles. The van der Waals surface area contributed by atoms with E-state index in [0.717, 1.165) is 22.4 Å². The maximum Gasteiger partial charge on any atom is 0.270 e. The Bertz CT molecular complexity index is 938. The summed E-state index contributed by atoms with van der Waals surface area (Å²) >= 11 is 0. The summed E-state index contributed by atoms with van der Waals surface area (Å²) in [6.07, 6.45) is 0. The van der Waals surface area contributed by atoms with Crippen molar-refractivity contribution in [1.82, 2.24) is 15.3 Å². The van der Waals surface area contributed by atoms with Gasteiger partial charge in [0.2, 0.25) is 0 Å². The number of aromatic nitrogens is 2. The van der Waals surface area contributed by atoms with Crippen LogP contribution in [0.4, 0.5) is 11.5 Å². The van der Waals surface area contributed by atoms with E-state index in [1.54, 1.807) is 13.2 Å². The molecule has 0 bridgehead atoms. The highest BCUT2D eigenvalue weighted by Gasteiger charge is 2.13. The molecule has 1 amide bonds. The van der Waals surface area contributed by atoms with E-state index >= 15 is 0 Å². The van der Waals surface area contributed by atoms with Crippen molar-refractivity contribution in [2.75, 3.05) is 25.6 Å². The van der Waals surface area contributed by atoms with Crippen LogP contribution in [0.25, 0.3) is 11.4 Å². The zero-order valence-electron chi connectivity index (χ0n) is 16.3. The molecule has 2 aromatic carbocycles. The molecule has 0 spiro atoms. The molecular formula is C22H24N4O2. The fourth-order valence-electron chi connectivity index (χ4n) is 2.90. The Balaban J connectivity index is 1.96. The third-order valence-corrected chi connectivity index (χ3v) is 4.08. The van der Waals surface area contributed by atoms with Crippen LogP contribution in [0, 0.1) is 13.8 Å². The summed E-state index contributed by atoms with van der Waals surface area (Å²) in [7, 11) is 1.59. The number of nitrogens with zero attached hydrogens (tertiary/aromatic N) is 2. The maximum absolute atomic E-state index is 12.5. The lowest BCUT2D eigenvalue weighted by molar-refractivity contribution is 0.0932. The number of aryl methyl sites for hydroxylation is 2. The standard InChI is InChI=1S/C22H24N4O2/c1-15-11-16(2)13-18(12-15)24-20-14-19(22(27)23-9-10-28-3)25-21(26-20)17-7-5-4-6-8-17/h4-8,11-14H,9-10H2,1-3H3,(H,23,27)(H,24,25,26). The van der Waals surface area contributed by atoms with Gasteiger partial charge in [-0.25, -0.2) is 9.97 Å². The molecule has 6 nitrogen and oxygen atoms in total. The Morgan fingerprint density at radius 2 is 1.71 bits per heavy atom. The number of carbonyl (C=O) groups is 1. The van der Waals surface area contributed by atoms with E-state index < -0.39 is 0 Å². The number of rotatable bonds is 7. The minimum Gasteiger partial charge on any atom is -0.383 e.